The molecule has 0 fully saturated rings. The van der Waals surface area contributed by atoms with Crippen molar-refractivity contribution < 1.29 is 90.8 Å². The maximum Gasteiger partial charge on any atom is 0.422 e. The third-order valence-electron chi connectivity index (χ3n) is 5.38. The zero-order valence-corrected chi connectivity index (χ0v) is 23.1. The van der Waals surface area contributed by atoms with Crippen LogP contribution in [0.4, 0.5) is 52.7 Å². The Kier molecular flexibility index (Phi) is 11.0. The molecule has 0 aliphatic heterocycles. The van der Waals surface area contributed by atoms with Crippen LogP contribution in [-0.2, 0) is 19.2 Å². The molecule has 0 radical (unpaired) electrons. The standard InChI is InChI=1S/C28H14F12O8/c1-11(25(29,30)31)21(41)45-16-6-7-17(19(10-16)47-23(43)13(3)27(35,36)37)15-5-8-18(46-22(42)12(2)26(32,33)34)20(9-15)48-24(44)14(4)28(38,39)40/h5-10H,1-4H2. The van der Waals surface area contributed by atoms with Gasteiger partial charge in [0.2, 0.25) is 0 Å². The average molecular weight is 706 g/mol. The fraction of sp³-hybridized carbons (Fsp3) is 0.143. The van der Waals surface area contributed by atoms with Gasteiger partial charge in [-0.2, -0.15) is 52.7 Å². The quantitative estimate of drug-likeness (QED) is 0.115. The first-order chi connectivity index (χ1) is 21.6. The van der Waals surface area contributed by atoms with Crippen LogP contribution in [0, 0.1) is 0 Å². The summed E-state index contributed by atoms with van der Waals surface area (Å²) in [5, 5.41) is 0. The van der Waals surface area contributed by atoms with Crippen LogP contribution >= 0.6 is 0 Å². The number of ether oxygens (including phenoxy) is 4. The zero-order valence-electron chi connectivity index (χ0n) is 23.1. The van der Waals surface area contributed by atoms with Crippen molar-refractivity contribution in [2.24, 2.45) is 0 Å². The Morgan fingerprint density at radius 1 is 0.438 bits per heavy atom. The van der Waals surface area contributed by atoms with Gasteiger partial charge in [0.1, 0.15) is 33.8 Å². The summed E-state index contributed by atoms with van der Waals surface area (Å²) >= 11 is 0. The number of benzene rings is 2. The van der Waals surface area contributed by atoms with E-state index in [0.717, 1.165) is 6.07 Å². The lowest BCUT2D eigenvalue weighted by Crippen LogP contribution is -2.25. The monoisotopic (exact) mass is 706 g/mol. The molecule has 2 aromatic carbocycles. The van der Waals surface area contributed by atoms with Gasteiger partial charge in [-0.25, -0.2) is 19.2 Å². The van der Waals surface area contributed by atoms with Crippen molar-refractivity contribution in [1.29, 1.82) is 0 Å². The molecule has 2 rings (SSSR count). The highest BCUT2D eigenvalue weighted by molar-refractivity contribution is 5.95. The van der Waals surface area contributed by atoms with Gasteiger partial charge in [-0.1, -0.05) is 32.4 Å². The summed E-state index contributed by atoms with van der Waals surface area (Å²) in [6.45, 7) is 9.87. The van der Waals surface area contributed by atoms with Crippen LogP contribution in [0.2, 0.25) is 0 Å². The van der Waals surface area contributed by atoms with Crippen LogP contribution in [0.25, 0.3) is 11.1 Å². The van der Waals surface area contributed by atoms with E-state index in [2.05, 4.69) is 45.3 Å². The van der Waals surface area contributed by atoms with Crippen LogP contribution in [0.15, 0.2) is 85.0 Å². The summed E-state index contributed by atoms with van der Waals surface area (Å²) in [6, 6.07) is 3.48. The van der Waals surface area contributed by atoms with E-state index in [9.17, 15) is 71.9 Å². The van der Waals surface area contributed by atoms with E-state index < -0.39 is 105 Å². The van der Waals surface area contributed by atoms with E-state index in [1.807, 2.05) is 0 Å². The topological polar surface area (TPSA) is 105 Å². The molecule has 0 bridgehead atoms. The molecule has 0 saturated carbocycles. The van der Waals surface area contributed by atoms with Crippen molar-refractivity contribution in [3.63, 3.8) is 0 Å². The molecule has 0 aliphatic carbocycles. The first kappa shape index (κ1) is 38.6. The molecule has 20 heteroatoms. The summed E-state index contributed by atoms with van der Waals surface area (Å²) < 4.78 is 173. The molecule has 0 aromatic heterocycles. The number of alkyl halides is 12. The third kappa shape index (κ3) is 9.72. The minimum Gasteiger partial charge on any atom is -0.423 e. The van der Waals surface area contributed by atoms with E-state index >= 15 is 0 Å². The van der Waals surface area contributed by atoms with Gasteiger partial charge in [0.25, 0.3) is 0 Å². The van der Waals surface area contributed by atoms with Gasteiger partial charge in [-0.15, -0.1) is 0 Å². The van der Waals surface area contributed by atoms with E-state index in [-0.39, 0.29) is 0 Å². The molecular weight excluding hydrogens is 692 g/mol. The van der Waals surface area contributed by atoms with Crippen molar-refractivity contribution >= 4 is 23.9 Å². The molecule has 0 spiro atoms. The molecule has 0 unspecified atom stereocenters. The van der Waals surface area contributed by atoms with E-state index in [0.29, 0.717) is 30.3 Å². The Balaban J connectivity index is 2.74. The van der Waals surface area contributed by atoms with Crippen molar-refractivity contribution in [3.05, 3.63) is 85.0 Å². The van der Waals surface area contributed by atoms with Crippen LogP contribution in [0.5, 0.6) is 23.0 Å². The van der Waals surface area contributed by atoms with Crippen molar-refractivity contribution in [2.45, 2.75) is 24.7 Å². The van der Waals surface area contributed by atoms with Crippen molar-refractivity contribution in [1.82, 2.24) is 0 Å². The summed E-state index contributed by atoms with van der Waals surface area (Å²) in [4.78, 5) is 48.0. The molecule has 8 nitrogen and oxygen atoms in total. The predicted molar refractivity (Wildman–Crippen MR) is 135 cm³/mol. The van der Waals surface area contributed by atoms with E-state index in [4.69, 9.17) is 0 Å². The highest BCUT2D eigenvalue weighted by Crippen LogP contribution is 2.41. The van der Waals surface area contributed by atoms with Gasteiger partial charge < -0.3 is 18.9 Å². The number of hydrogen-bond acceptors (Lipinski definition) is 8. The number of rotatable bonds is 9. The van der Waals surface area contributed by atoms with Crippen LogP contribution in [-0.4, -0.2) is 48.6 Å². The Hall–Kier alpha value is -5.56. The summed E-state index contributed by atoms with van der Waals surface area (Å²) in [5.74, 6) is -13.2. The fourth-order valence-electron chi connectivity index (χ4n) is 2.84. The summed E-state index contributed by atoms with van der Waals surface area (Å²) in [7, 11) is 0. The van der Waals surface area contributed by atoms with Crippen LogP contribution in [0.3, 0.4) is 0 Å². The lowest BCUT2D eigenvalue weighted by Gasteiger charge is -2.17. The second-order valence-corrected chi connectivity index (χ2v) is 8.78. The number of halogens is 12. The van der Waals surface area contributed by atoms with Gasteiger partial charge in [0.15, 0.2) is 11.5 Å². The molecule has 0 atom stereocenters. The third-order valence-corrected chi connectivity index (χ3v) is 5.38. The number of carbonyl (C=O) groups is 4. The highest BCUT2D eigenvalue weighted by atomic mass is 19.4. The highest BCUT2D eigenvalue weighted by Gasteiger charge is 2.41. The Morgan fingerprint density at radius 3 is 1.19 bits per heavy atom. The lowest BCUT2D eigenvalue weighted by molar-refractivity contribution is -0.145. The van der Waals surface area contributed by atoms with Gasteiger partial charge in [-0.05, 0) is 29.8 Å². The van der Waals surface area contributed by atoms with Crippen LogP contribution < -0.4 is 18.9 Å². The molecule has 48 heavy (non-hydrogen) atoms. The maximum atomic E-state index is 13.0. The molecule has 0 aliphatic rings. The number of esters is 4. The van der Waals surface area contributed by atoms with E-state index in [1.165, 1.54) is 0 Å². The molecular formula is C28H14F12O8. The fourth-order valence-corrected chi connectivity index (χ4v) is 2.84. The molecule has 0 heterocycles. The largest absolute Gasteiger partial charge is 0.423 e. The molecule has 0 saturated heterocycles. The van der Waals surface area contributed by atoms with Crippen molar-refractivity contribution in [3.8, 4) is 34.1 Å². The van der Waals surface area contributed by atoms with Gasteiger partial charge in [0.05, 0.1) is 0 Å². The van der Waals surface area contributed by atoms with E-state index in [1.54, 1.807) is 0 Å². The predicted octanol–water partition coefficient (Wildman–Crippen LogP) is 7.45. The Labute approximate surface area is 259 Å². The summed E-state index contributed by atoms with van der Waals surface area (Å²) in [5.41, 5.74) is -9.62. The van der Waals surface area contributed by atoms with Crippen molar-refractivity contribution in [2.75, 3.05) is 0 Å². The molecule has 0 N–H and O–H groups in total. The second kappa shape index (κ2) is 13.7. The molecule has 2 aromatic rings. The minimum absolute atomic E-state index is 0.400. The minimum atomic E-state index is -5.41. The average Bonchev–Trinajstić information content (AvgIpc) is 2.94. The van der Waals surface area contributed by atoms with Crippen LogP contribution in [0.1, 0.15) is 0 Å². The zero-order chi connectivity index (χ0) is 37.2. The summed E-state index contributed by atoms with van der Waals surface area (Å²) in [6.07, 6.45) is -21.5. The smallest absolute Gasteiger partial charge is 0.422 e. The molecule has 258 valence electrons. The van der Waals surface area contributed by atoms with Gasteiger partial charge >= 0.3 is 48.6 Å². The van der Waals surface area contributed by atoms with Gasteiger partial charge in [0, 0.05) is 11.6 Å². The second-order valence-electron chi connectivity index (χ2n) is 8.78. The Morgan fingerprint density at radius 2 is 0.792 bits per heavy atom. The number of hydrogen-bond donors (Lipinski definition) is 0. The Bertz CT molecular complexity index is 1710. The maximum absolute atomic E-state index is 13.0. The SMILES string of the molecule is C=C(C(=O)Oc1ccc(-c2ccc(OC(=O)C(=C)C(F)(F)F)c(OC(=O)C(=C)C(F)(F)F)c2)c(OC(=O)C(=C)C(F)(F)F)c1)C(F)(F)F. The first-order valence-electron chi connectivity index (χ1n) is 11.9. The molecule has 0 amide bonds. The number of carbonyl (C=O) groups excluding carboxylic acids is 4. The lowest BCUT2D eigenvalue weighted by atomic mass is 10.0. The first-order valence-corrected chi connectivity index (χ1v) is 11.9. The normalized spacial score (nSPS) is 12.0. The van der Waals surface area contributed by atoms with Gasteiger partial charge in [-0.3, -0.25) is 0 Å².